The normalized spacial score (nSPS) is 24.3. The van der Waals surface area contributed by atoms with Gasteiger partial charge in [-0.15, -0.1) is 0 Å². The third-order valence-electron chi connectivity index (χ3n) is 4.05. The highest BCUT2D eigenvalue weighted by Crippen LogP contribution is 2.24. The van der Waals surface area contributed by atoms with Crippen molar-refractivity contribution in [2.45, 2.75) is 51.7 Å². The molecule has 1 aliphatic rings. The lowest BCUT2D eigenvalue weighted by atomic mass is 9.86. The van der Waals surface area contributed by atoms with Crippen molar-refractivity contribution in [3.8, 4) is 0 Å². The van der Waals surface area contributed by atoms with Gasteiger partial charge in [-0.1, -0.05) is 12.8 Å². The first-order chi connectivity index (χ1) is 8.80. The zero-order valence-corrected chi connectivity index (χ0v) is 12.3. The Morgan fingerprint density at radius 1 is 1.32 bits per heavy atom. The van der Waals surface area contributed by atoms with Crippen molar-refractivity contribution in [2.24, 2.45) is 5.41 Å². The van der Waals surface area contributed by atoms with E-state index < -0.39 is 11.4 Å². The van der Waals surface area contributed by atoms with Gasteiger partial charge < -0.3 is 9.84 Å². The van der Waals surface area contributed by atoms with Crippen LogP contribution in [-0.4, -0.2) is 54.6 Å². The second kappa shape index (κ2) is 6.48. The largest absolute Gasteiger partial charge is 0.468 e. The number of methoxy groups -OCH3 is 1. The van der Waals surface area contributed by atoms with Gasteiger partial charge in [0.2, 0.25) is 0 Å². The first-order valence-corrected chi connectivity index (χ1v) is 6.80. The quantitative estimate of drug-likeness (QED) is 0.596. The Morgan fingerprint density at radius 2 is 1.89 bits per heavy atom. The van der Waals surface area contributed by atoms with E-state index in [4.69, 9.17) is 0 Å². The molecule has 0 aromatic rings. The average Bonchev–Trinajstić information content (AvgIpc) is 2.37. The van der Waals surface area contributed by atoms with Crippen LogP contribution in [-0.2, 0) is 14.3 Å². The molecule has 5 nitrogen and oxygen atoms in total. The summed E-state index contributed by atoms with van der Waals surface area (Å²) in [4.78, 5) is 25.6. The third-order valence-corrected chi connectivity index (χ3v) is 4.05. The van der Waals surface area contributed by atoms with E-state index in [-0.39, 0.29) is 24.5 Å². The number of carbonyl (C=O) groups is 2. The van der Waals surface area contributed by atoms with Gasteiger partial charge in [-0.3, -0.25) is 14.5 Å². The van der Waals surface area contributed by atoms with Crippen molar-refractivity contribution in [3.05, 3.63) is 0 Å². The van der Waals surface area contributed by atoms with Crippen molar-refractivity contribution in [1.29, 1.82) is 0 Å². The molecule has 0 aliphatic heterocycles. The summed E-state index contributed by atoms with van der Waals surface area (Å²) in [6, 6.07) is 0.00569. The van der Waals surface area contributed by atoms with Crippen LogP contribution in [0.25, 0.3) is 0 Å². The van der Waals surface area contributed by atoms with Gasteiger partial charge in [-0.25, -0.2) is 0 Å². The van der Waals surface area contributed by atoms with E-state index in [0.717, 1.165) is 25.7 Å². The second-order valence-corrected chi connectivity index (χ2v) is 5.87. The Kier molecular flexibility index (Phi) is 5.50. The molecule has 0 aromatic carbocycles. The summed E-state index contributed by atoms with van der Waals surface area (Å²) in [6.07, 6.45) is 3.40. The lowest BCUT2D eigenvalue weighted by molar-refractivity contribution is -0.156. The van der Waals surface area contributed by atoms with Gasteiger partial charge >= 0.3 is 5.97 Å². The molecule has 1 N–H and O–H groups in total. The molecule has 0 radical (unpaired) electrons. The predicted molar refractivity (Wildman–Crippen MR) is 71.7 cm³/mol. The fourth-order valence-corrected chi connectivity index (χ4v) is 2.52. The molecule has 19 heavy (non-hydrogen) atoms. The minimum Gasteiger partial charge on any atom is -0.468 e. The fraction of sp³-hybridized carbons (Fsp3) is 0.857. The minimum atomic E-state index is -1.14. The number of hydrogen-bond donors (Lipinski definition) is 1. The number of rotatable bonds is 5. The molecule has 1 saturated carbocycles. The molecule has 0 saturated heterocycles. The molecular weight excluding hydrogens is 246 g/mol. The zero-order chi connectivity index (χ0) is 14.6. The van der Waals surface area contributed by atoms with Gasteiger partial charge in [-0.05, 0) is 33.7 Å². The molecule has 0 heterocycles. The maximum Gasteiger partial charge on any atom is 0.318 e. The van der Waals surface area contributed by atoms with Crippen molar-refractivity contribution >= 4 is 11.8 Å². The molecule has 0 bridgehead atoms. The molecule has 2 atom stereocenters. The number of likely N-dealkylation sites (N-methyl/N-ethyl adjacent to an activating group) is 1. The monoisotopic (exact) mass is 271 g/mol. The van der Waals surface area contributed by atoms with Crippen LogP contribution in [0, 0.1) is 5.41 Å². The average molecular weight is 271 g/mol. The molecule has 1 rings (SSSR count). The number of carbonyl (C=O) groups excluding carboxylic acids is 2. The Bertz CT molecular complexity index is 340. The van der Waals surface area contributed by atoms with Crippen LogP contribution < -0.4 is 0 Å². The molecule has 2 unspecified atom stereocenters. The number of aliphatic hydroxyl groups excluding tert-OH is 1. The van der Waals surface area contributed by atoms with E-state index in [0.29, 0.717) is 0 Å². The molecular formula is C14H25NO4. The summed E-state index contributed by atoms with van der Waals surface area (Å²) >= 11 is 0. The second-order valence-electron chi connectivity index (χ2n) is 5.87. The smallest absolute Gasteiger partial charge is 0.318 e. The molecule has 0 amide bonds. The van der Waals surface area contributed by atoms with E-state index >= 15 is 0 Å². The maximum absolute atomic E-state index is 12.2. The minimum absolute atomic E-state index is 0.00569. The van der Waals surface area contributed by atoms with Gasteiger partial charge in [0.05, 0.1) is 19.8 Å². The summed E-state index contributed by atoms with van der Waals surface area (Å²) in [7, 11) is 3.11. The number of esters is 1. The van der Waals surface area contributed by atoms with Crippen LogP contribution in [0.2, 0.25) is 0 Å². The molecule has 110 valence electrons. The lowest BCUT2D eigenvalue weighted by Crippen LogP contribution is -2.48. The van der Waals surface area contributed by atoms with Crippen molar-refractivity contribution < 1.29 is 19.4 Å². The van der Waals surface area contributed by atoms with Crippen LogP contribution in [0.4, 0.5) is 0 Å². The summed E-state index contributed by atoms with van der Waals surface area (Å²) in [5.74, 6) is -0.699. The predicted octanol–water partition coefficient (Wildman–Crippen LogP) is 0.990. The molecule has 1 aliphatic carbocycles. The van der Waals surface area contributed by atoms with E-state index in [1.54, 1.807) is 13.8 Å². The van der Waals surface area contributed by atoms with E-state index in [2.05, 4.69) is 4.74 Å². The number of ether oxygens (including phenoxy) is 1. The highest BCUT2D eigenvalue weighted by atomic mass is 16.5. The number of nitrogens with zero attached hydrogens (tertiary/aromatic N) is 1. The molecule has 1 fully saturated rings. The lowest BCUT2D eigenvalue weighted by Gasteiger charge is -2.35. The third kappa shape index (κ3) is 3.76. The first kappa shape index (κ1) is 16.1. The Morgan fingerprint density at radius 3 is 2.42 bits per heavy atom. The number of hydrogen-bond acceptors (Lipinski definition) is 5. The molecule has 0 spiro atoms. The topological polar surface area (TPSA) is 66.8 Å². The number of Topliss-reactive ketones (excluding diaryl/α,β-unsaturated/α-hetero) is 1. The Hall–Kier alpha value is -0.940. The first-order valence-electron chi connectivity index (χ1n) is 6.80. The van der Waals surface area contributed by atoms with Crippen LogP contribution >= 0.6 is 0 Å². The summed E-state index contributed by atoms with van der Waals surface area (Å²) in [6.45, 7) is 3.31. The van der Waals surface area contributed by atoms with Crippen LogP contribution in [0.3, 0.4) is 0 Å². The van der Waals surface area contributed by atoms with Crippen LogP contribution in [0.15, 0.2) is 0 Å². The fourth-order valence-electron chi connectivity index (χ4n) is 2.52. The van der Waals surface area contributed by atoms with E-state index in [9.17, 15) is 14.7 Å². The van der Waals surface area contributed by atoms with Crippen LogP contribution in [0.1, 0.15) is 39.5 Å². The number of aliphatic hydroxyl groups is 1. The maximum atomic E-state index is 12.2. The Balaban J connectivity index is 2.63. The Labute approximate surface area is 114 Å². The number of ketones is 1. The highest BCUT2D eigenvalue weighted by molar-refractivity contribution is 6.03. The zero-order valence-electron chi connectivity index (χ0n) is 12.3. The molecule has 5 heteroatoms. The van der Waals surface area contributed by atoms with E-state index in [1.807, 2.05) is 11.9 Å². The highest BCUT2D eigenvalue weighted by Gasteiger charge is 2.38. The standard InChI is InChI=1S/C14H25NO4/c1-14(2,13(18)19-4)12(17)9-15(3)10-7-5-6-8-11(10)16/h10-11,16H,5-9H2,1-4H3. The van der Waals surface area contributed by atoms with Gasteiger partial charge in [0, 0.05) is 6.04 Å². The van der Waals surface area contributed by atoms with Crippen molar-refractivity contribution in [3.63, 3.8) is 0 Å². The van der Waals surface area contributed by atoms with Gasteiger partial charge in [0.1, 0.15) is 5.41 Å². The SMILES string of the molecule is COC(=O)C(C)(C)C(=O)CN(C)C1CCCCC1O. The summed E-state index contributed by atoms with van der Waals surface area (Å²) < 4.78 is 4.66. The van der Waals surface area contributed by atoms with E-state index in [1.165, 1.54) is 7.11 Å². The van der Waals surface area contributed by atoms with Crippen molar-refractivity contribution in [2.75, 3.05) is 20.7 Å². The molecule has 0 aromatic heterocycles. The van der Waals surface area contributed by atoms with Gasteiger partial charge in [-0.2, -0.15) is 0 Å². The van der Waals surface area contributed by atoms with Crippen molar-refractivity contribution in [1.82, 2.24) is 4.90 Å². The summed E-state index contributed by atoms with van der Waals surface area (Å²) in [5, 5.41) is 9.97. The van der Waals surface area contributed by atoms with Gasteiger partial charge in [0.15, 0.2) is 5.78 Å². The van der Waals surface area contributed by atoms with Crippen LogP contribution in [0.5, 0.6) is 0 Å². The van der Waals surface area contributed by atoms with Gasteiger partial charge in [0.25, 0.3) is 0 Å². The summed E-state index contributed by atoms with van der Waals surface area (Å²) in [5.41, 5.74) is -1.14.